The zero-order valence-electron chi connectivity index (χ0n) is 14.6. The van der Waals surface area contributed by atoms with Crippen molar-refractivity contribution in [3.8, 4) is 0 Å². The molecule has 1 saturated heterocycles. The fourth-order valence-corrected chi connectivity index (χ4v) is 4.07. The number of imidazole rings is 1. The topological polar surface area (TPSA) is 85.8 Å². The zero-order valence-corrected chi connectivity index (χ0v) is 16.2. The molecule has 0 spiro atoms. The number of fused-ring (bicyclic) bond motifs is 1. The van der Waals surface area contributed by atoms with Gasteiger partial charge in [0.05, 0.1) is 17.5 Å². The highest BCUT2D eigenvalue weighted by Gasteiger charge is 2.24. The third kappa shape index (κ3) is 4.42. The van der Waals surface area contributed by atoms with Crippen LogP contribution in [0.5, 0.6) is 0 Å². The summed E-state index contributed by atoms with van der Waals surface area (Å²) in [6.07, 6.45) is 4.29. The van der Waals surface area contributed by atoms with Gasteiger partial charge in [0, 0.05) is 18.4 Å². The summed E-state index contributed by atoms with van der Waals surface area (Å²) in [5.41, 5.74) is 1.71. The normalized spacial score (nSPS) is 18.5. The molecule has 10 heteroatoms. The Labute approximate surface area is 166 Å². The van der Waals surface area contributed by atoms with Crippen molar-refractivity contribution >= 4 is 41.1 Å². The first-order valence-corrected chi connectivity index (χ1v) is 9.62. The zero-order chi connectivity index (χ0) is 17.9. The number of hydrogen-bond donors (Lipinski definition) is 0. The van der Waals surface area contributed by atoms with Crippen molar-refractivity contribution in [2.24, 2.45) is 5.10 Å². The lowest BCUT2D eigenvalue weighted by atomic mass is 10.3. The van der Waals surface area contributed by atoms with E-state index in [0.717, 1.165) is 28.5 Å². The van der Waals surface area contributed by atoms with Crippen LogP contribution in [-0.4, -0.2) is 50.8 Å². The van der Waals surface area contributed by atoms with Gasteiger partial charge in [0.2, 0.25) is 5.90 Å². The van der Waals surface area contributed by atoms with Crippen LogP contribution in [0.3, 0.4) is 0 Å². The molecule has 0 amide bonds. The maximum Gasteiger partial charge on any atom is 0.430 e. The number of aromatic nitrogens is 2. The van der Waals surface area contributed by atoms with E-state index >= 15 is 0 Å². The number of rotatable bonds is 6. The van der Waals surface area contributed by atoms with Gasteiger partial charge in [-0.25, -0.2) is 9.66 Å². The first kappa shape index (κ1) is 19.7. The quantitative estimate of drug-likeness (QED) is 0.413. The van der Waals surface area contributed by atoms with Crippen molar-refractivity contribution in [2.45, 2.75) is 24.4 Å². The third-order valence-electron chi connectivity index (χ3n) is 4.41. The van der Waals surface area contributed by atoms with E-state index in [1.54, 1.807) is 16.4 Å². The molecule has 1 aromatic carbocycles. The minimum absolute atomic E-state index is 0. The van der Waals surface area contributed by atoms with Crippen LogP contribution < -0.4 is 0 Å². The molecule has 1 aromatic heterocycles. The summed E-state index contributed by atoms with van der Waals surface area (Å²) in [6.45, 7) is 3.36. The van der Waals surface area contributed by atoms with Crippen molar-refractivity contribution in [3.63, 3.8) is 0 Å². The highest BCUT2D eigenvalue weighted by atomic mass is 35.5. The molecule has 0 radical (unpaired) electrons. The molecule has 0 bridgehead atoms. The summed E-state index contributed by atoms with van der Waals surface area (Å²) in [6, 6.07) is 7.74. The van der Waals surface area contributed by atoms with Crippen LogP contribution in [0.4, 0.5) is 0 Å². The van der Waals surface area contributed by atoms with Gasteiger partial charge in [0.15, 0.2) is 5.16 Å². The summed E-state index contributed by atoms with van der Waals surface area (Å²) in [4.78, 5) is 17.4. The highest BCUT2D eigenvalue weighted by Crippen LogP contribution is 2.25. The monoisotopic (exact) mass is 409 g/mol. The molecule has 8 nitrogen and oxygen atoms in total. The largest absolute Gasteiger partial charge is 0.430 e. The summed E-state index contributed by atoms with van der Waals surface area (Å²) in [7, 11) is 0. The Morgan fingerprint density at radius 2 is 2.07 bits per heavy atom. The second-order valence-electron chi connectivity index (χ2n) is 6.19. The number of thioether (sulfide) groups is 1. The number of benzene rings is 1. The van der Waals surface area contributed by atoms with Crippen LogP contribution in [-0.2, 0) is 4.74 Å². The van der Waals surface area contributed by atoms with E-state index in [9.17, 15) is 10.1 Å². The van der Waals surface area contributed by atoms with E-state index < -0.39 is 4.92 Å². The van der Waals surface area contributed by atoms with E-state index in [1.165, 1.54) is 32.0 Å². The molecule has 2 aliphatic heterocycles. The minimum Gasteiger partial charge on any atom is -0.385 e. The number of halogens is 1. The Balaban J connectivity index is 0.00000210. The average molecular weight is 410 g/mol. The Kier molecular flexibility index (Phi) is 6.35. The Bertz CT molecular complexity index is 892. The molecule has 3 heterocycles. The average Bonchev–Trinajstić information content (AvgIpc) is 3.37. The Hall–Kier alpha value is -2.10. The fraction of sp³-hybridized carbons (Fsp3) is 0.412. The van der Waals surface area contributed by atoms with Crippen molar-refractivity contribution in [3.05, 3.63) is 46.3 Å². The van der Waals surface area contributed by atoms with Crippen LogP contribution in [0.15, 0.2) is 46.5 Å². The first-order chi connectivity index (χ1) is 12.7. The van der Waals surface area contributed by atoms with Crippen LogP contribution in [0, 0.1) is 10.1 Å². The van der Waals surface area contributed by atoms with Crippen LogP contribution >= 0.6 is 24.2 Å². The lowest BCUT2D eigenvalue weighted by Gasteiger charge is -2.13. The van der Waals surface area contributed by atoms with Crippen molar-refractivity contribution in [2.75, 3.05) is 25.4 Å². The smallest absolute Gasteiger partial charge is 0.385 e. The molecule has 2 aliphatic rings. The van der Waals surface area contributed by atoms with Crippen molar-refractivity contribution < 1.29 is 9.66 Å². The van der Waals surface area contributed by atoms with Gasteiger partial charge in [0.1, 0.15) is 4.92 Å². The molecule has 0 aliphatic carbocycles. The maximum atomic E-state index is 10.8. The minimum atomic E-state index is -0.541. The van der Waals surface area contributed by atoms with Gasteiger partial charge in [-0.15, -0.1) is 17.5 Å². The van der Waals surface area contributed by atoms with E-state index in [4.69, 9.17) is 4.74 Å². The SMILES string of the molecule is Cl.O=[N+]([O-])C1=CCC(=Nn2c(SCCN3CCCC3)nc3ccccc32)O1. The first-order valence-electron chi connectivity index (χ1n) is 8.63. The predicted octanol–water partition coefficient (Wildman–Crippen LogP) is 3.35. The fourth-order valence-electron chi connectivity index (χ4n) is 3.12. The standard InChI is InChI=1S/C17H19N5O3S.ClH/c23-22(24)16-8-7-15(25-16)19-21-14-6-2-1-5-13(14)18-17(21)26-12-11-20-9-3-4-10-20;/h1-2,5-6,8H,3-4,7,9-12H2;1H. The number of hydrogen-bond acceptors (Lipinski definition) is 7. The second kappa shape index (κ2) is 8.73. The highest BCUT2D eigenvalue weighted by molar-refractivity contribution is 7.99. The molecule has 1 fully saturated rings. The molecule has 144 valence electrons. The van der Waals surface area contributed by atoms with Crippen molar-refractivity contribution in [1.82, 2.24) is 14.6 Å². The van der Waals surface area contributed by atoms with Gasteiger partial charge in [0.25, 0.3) is 0 Å². The Morgan fingerprint density at radius 3 is 2.81 bits per heavy atom. The van der Waals surface area contributed by atoms with Gasteiger partial charge < -0.3 is 9.64 Å². The molecule has 2 aromatic rings. The summed E-state index contributed by atoms with van der Waals surface area (Å²) >= 11 is 1.65. The number of nitrogens with zero attached hydrogens (tertiary/aromatic N) is 5. The van der Waals surface area contributed by atoms with E-state index in [0.29, 0.717) is 12.3 Å². The molecule has 0 unspecified atom stereocenters. The van der Waals surface area contributed by atoms with Crippen LogP contribution in [0.25, 0.3) is 11.0 Å². The Morgan fingerprint density at radius 1 is 1.30 bits per heavy atom. The maximum absolute atomic E-state index is 10.8. The second-order valence-corrected chi connectivity index (χ2v) is 7.25. The number of ether oxygens (including phenoxy) is 1. The van der Waals surface area contributed by atoms with E-state index in [-0.39, 0.29) is 18.3 Å². The van der Waals surface area contributed by atoms with E-state index in [2.05, 4.69) is 15.0 Å². The van der Waals surface area contributed by atoms with Crippen molar-refractivity contribution in [1.29, 1.82) is 0 Å². The van der Waals surface area contributed by atoms with Gasteiger partial charge in [-0.2, -0.15) is 0 Å². The van der Waals surface area contributed by atoms with Gasteiger partial charge >= 0.3 is 5.88 Å². The number of para-hydroxylation sites is 2. The molecule has 27 heavy (non-hydrogen) atoms. The van der Waals surface area contributed by atoms with Crippen LogP contribution in [0.2, 0.25) is 0 Å². The number of likely N-dealkylation sites (tertiary alicyclic amines) is 1. The van der Waals surface area contributed by atoms with Crippen LogP contribution in [0.1, 0.15) is 19.3 Å². The number of nitro groups is 1. The molecular weight excluding hydrogens is 390 g/mol. The molecule has 0 saturated carbocycles. The van der Waals surface area contributed by atoms with E-state index in [1.807, 2.05) is 24.3 Å². The molecular formula is C17H20ClN5O3S. The third-order valence-corrected chi connectivity index (χ3v) is 5.32. The summed E-state index contributed by atoms with van der Waals surface area (Å²) in [5, 5.41) is 16.1. The molecule has 0 atom stereocenters. The lowest BCUT2D eigenvalue weighted by Crippen LogP contribution is -2.22. The summed E-state index contributed by atoms with van der Waals surface area (Å²) < 4.78 is 6.96. The molecule has 4 rings (SSSR count). The summed E-state index contributed by atoms with van der Waals surface area (Å²) in [5.74, 6) is 0.964. The molecule has 0 N–H and O–H groups in total. The predicted molar refractivity (Wildman–Crippen MR) is 107 cm³/mol. The van der Waals surface area contributed by atoms with Gasteiger partial charge in [-0.3, -0.25) is 10.1 Å². The van der Waals surface area contributed by atoms with Gasteiger partial charge in [-0.1, -0.05) is 23.9 Å². The van der Waals surface area contributed by atoms with Gasteiger partial charge in [-0.05, 0) is 38.1 Å². The lowest BCUT2D eigenvalue weighted by molar-refractivity contribution is -0.454.